The van der Waals surface area contributed by atoms with Crippen LogP contribution in [0.2, 0.25) is 5.02 Å². The maximum atomic E-state index is 10.9. The number of aryl methyl sites for hydroxylation is 1. The zero-order chi connectivity index (χ0) is 13.9. The molecule has 1 aromatic carbocycles. The van der Waals surface area contributed by atoms with Gasteiger partial charge in [-0.05, 0) is 30.4 Å². The molecule has 0 aliphatic rings. The molecular formula is C13H17BrClNO2. The van der Waals surface area contributed by atoms with E-state index in [-0.39, 0.29) is 16.0 Å². The molecule has 1 unspecified atom stereocenters. The fraction of sp³-hybridized carbons (Fsp3) is 0.538. The van der Waals surface area contributed by atoms with E-state index in [4.69, 9.17) is 11.6 Å². The van der Waals surface area contributed by atoms with E-state index >= 15 is 0 Å². The quantitative estimate of drug-likeness (QED) is 0.442. The van der Waals surface area contributed by atoms with Gasteiger partial charge < -0.3 is 0 Å². The molecule has 0 heterocycles. The first kappa shape index (κ1) is 15.4. The van der Waals surface area contributed by atoms with E-state index in [0.29, 0.717) is 21.8 Å². The minimum atomic E-state index is -0.355. The fourth-order valence-electron chi connectivity index (χ4n) is 1.65. The van der Waals surface area contributed by atoms with Gasteiger partial charge in [-0.1, -0.05) is 48.3 Å². The Kier molecular flexibility index (Phi) is 5.17. The summed E-state index contributed by atoms with van der Waals surface area (Å²) in [6.07, 6.45) is 1.48. The molecule has 0 spiro atoms. The van der Waals surface area contributed by atoms with Crippen LogP contribution < -0.4 is 0 Å². The van der Waals surface area contributed by atoms with Crippen LogP contribution in [0.25, 0.3) is 0 Å². The van der Waals surface area contributed by atoms with Crippen LogP contribution in [0.5, 0.6) is 0 Å². The van der Waals surface area contributed by atoms with Crippen molar-refractivity contribution in [2.45, 2.75) is 38.4 Å². The van der Waals surface area contributed by atoms with Crippen molar-refractivity contribution in [1.82, 2.24) is 0 Å². The average Bonchev–Trinajstić information content (AvgIpc) is 2.24. The molecular weight excluding hydrogens is 318 g/mol. The van der Waals surface area contributed by atoms with Crippen LogP contribution in [0.15, 0.2) is 18.2 Å². The lowest BCUT2D eigenvalue weighted by molar-refractivity contribution is -0.385. The highest BCUT2D eigenvalue weighted by molar-refractivity contribution is 9.09. The zero-order valence-electron chi connectivity index (χ0n) is 10.7. The van der Waals surface area contributed by atoms with Crippen molar-refractivity contribution in [3.63, 3.8) is 0 Å². The van der Waals surface area contributed by atoms with Gasteiger partial charge in [0.2, 0.25) is 0 Å². The lowest BCUT2D eigenvalue weighted by atomic mass is 9.88. The van der Waals surface area contributed by atoms with Gasteiger partial charge in [-0.25, -0.2) is 0 Å². The van der Waals surface area contributed by atoms with Crippen LogP contribution >= 0.6 is 27.5 Å². The predicted molar refractivity (Wildman–Crippen MR) is 78.6 cm³/mol. The summed E-state index contributed by atoms with van der Waals surface area (Å²) in [6, 6.07) is 4.71. The van der Waals surface area contributed by atoms with Crippen LogP contribution in [0, 0.1) is 15.5 Å². The Morgan fingerprint density at radius 2 is 2.06 bits per heavy atom. The molecule has 0 aliphatic heterocycles. The molecule has 0 fully saturated rings. The topological polar surface area (TPSA) is 43.1 Å². The number of rotatable bonds is 4. The Balaban J connectivity index is 2.84. The Hall–Kier alpha value is -0.610. The molecule has 0 saturated carbocycles. The Morgan fingerprint density at radius 3 is 2.56 bits per heavy atom. The van der Waals surface area contributed by atoms with Gasteiger partial charge in [0.25, 0.3) is 5.69 Å². The third-order valence-electron chi connectivity index (χ3n) is 2.85. The summed E-state index contributed by atoms with van der Waals surface area (Å²) < 4.78 is 0. The van der Waals surface area contributed by atoms with Crippen molar-refractivity contribution in [2.75, 3.05) is 0 Å². The average molecular weight is 335 g/mol. The van der Waals surface area contributed by atoms with Crippen molar-refractivity contribution >= 4 is 33.2 Å². The van der Waals surface area contributed by atoms with E-state index in [2.05, 4.69) is 36.7 Å². The van der Waals surface area contributed by atoms with Crippen molar-refractivity contribution in [1.29, 1.82) is 0 Å². The van der Waals surface area contributed by atoms with Gasteiger partial charge in [0.15, 0.2) is 0 Å². The van der Waals surface area contributed by atoms with Crippen LogP contribution in [0.1, 0.15) is 32.8 Å². The number of nitro groups is 1. The summed E-state index contributed by atoms with van der Waals surface area (Å²) in [5.41, 5.74) is 0.974. The smallest absolute Gasteiger partial charge is 0.258 e. The monoisotopic (exact) mass is 333 g/mol. The first-order valence-electron chi connectivity index (χ1n) is 5.78. The van der Waals surface area contributed by atoms with E-state index in [1.165, 1.54) is 6.07 Å². The summed E-state index contributed by atoms with van der Waals surface area (Å²) in [7, 11) is 0. The second kappa shape index (κ2) is 6.02. The van der Waals surface area contributed by atoms with Gasteiger partial charge in [-0.15, -0.1) is 0 Å². The van der Waals surface area contributed by atoms with E-state index in [1.807, 2.05) is 0 Å². The van der Waals surface area contributed by atoms with Crippen LogP contribution in [-0.4, -0.2) is 9.75 Å². The number of alkyl halides is 1. The summed E-state index contributed by atoms with van der Waals surface area (Å²) in [5.74, 6) is 0. The number of hydrogen-bond donors (Lipinski definition) is 0. The minimum Gasteiger partial charge on any atom is -0.258 e. The van der Waals surface area contributed by atoms with Gasteiger partial charge in [0.05, 0.1) is 4.92 Å². The largest absolute Gasteiger partial charge is 0.272 e. The first-order valence-corrected chi connectivity index (χ1v) is 7.08. The van der Waals surface area contributed by atoms with Gasteiger partial charge in [-0.3, -0.25) is 10.1 Å². The summed E-state index contributed by atoms with van der Waals surface area (Å²) >= 11 is 9.53. The normalized spacial score (nSPS) is 13.4. The number of halogens is 2. The highest BCUT2D eigenvalue weighted by Gasteiger charge is 2.23. The van der Waals surface area contributed by atoms with Crippen LogP contribution in [0.4, 0.5) is 5.69 Å². The van der Waals surface area contributed by atoms with Crippen molar-refractivity contribution in [3.8, 4) is 0 Å². The maximum absolute atomic E-state index is 10.9. The molecule has 0 amide bonds. The van der Waals surface area contributed by atoms with Gasteiger partial charge >= 0.3 is 0 Å². The molecule has 3 nitrogen and oxygen atoms in total. The second-order valence-electron chi connectivity index (χ2n) is 5.40. The maximum Gasteiger partial charge on any atom is 0.272 e. The number of hydrogen-bond acceptors (Lipinski definition) is 2. The first-order chi connectivity index (χ1) is 8.21. The lowest BCUT2D eigenvalue weighted by Crippen LogP contribution is -2.20. The molecule has 0 N–H and O–H groups in total. The van der Waals surface area contributed by atoms with Crippen molar-refractivity contribution < 1.29 is 4.92 Å². The standard InChI is InChI=1S/C13H17BrClNO2/c1-13(2,3)12(14)7-4-9-8-10(15)5-6-11(9)16(17)18/h5-6,8,12H,4,7H2,1-3H3. The second-order valence-corrected chi connectivity index (χ2v) is 6.94. The predicted octanol–water partition coefficient (Wildman–Crippen LogP) is 4.99. The molecule has 0 radical (unpaired) electrons. The van der Waals surface area contributed by atoms with E-state index in [9.17, 15) is 10.1 Å². The minimum absolute atomic E-state index is 0.132. The summed E-state index contributed by atoms with van der Waals surface area (Å²) in [6.45, 7) is 6.41. The highest BCUT2D eigenvalue weighted by atomic mass is 79.9. The van der Waals surface area contributed by atoms with Crippen molar-refractivity contribution in [2.24, 2.45) is 5.41 Å². The number of benzene rings is 1. The van der Waals surface area contributed by atoms with Gasteiger partial charge in [0, 0.05) is 21.5 Å². The van der Waals surface area contributed by atoms with Crippen LogP contribution in [-0.2, 0) is 6.42 Å². The molecule has 0 bridgehead atoms. The number of nitrogens with zero attached hydrogens (tertiary/aromatic N) is 1. The summed E-state index contributed by atoms with van der Waals surface area (Å²) in [5, 5.41) is 11.5. The fourth-order valence-corrected chi connectivity index (χ4v) is 2.07. The molecule has 0 aliphatic carbocycles. The molecule has 1 aromatic rings. The molecule has 0 aromatic heterocycles. The van der Waals surface area contributed by atoms with E-state index < -0.39 is 0 Å². The highest BCUT2D eigenvalue weighted by Crippen LogP contribution is 2.31. The Morgan fingerprint density at radius 1 is 1.44 bits per heavy atom. The lowest BCUT2D eigenvalue weighted by Gasteiger charge is -2.25. The van der Waals surface area contributed by atoms with Gasteiger partial charge in [0.1, 0.15) is 0 Å². The third kappa shape index (κ3) is 4.25. The zero-order valence-corrected chi connectivity index (χ0v) is 13.1. The molecule has 0 saturated heterocycles. The molecule has 1 atom stereocenters. The molecule has 100 valence electrons. The van der Waals surface area contributed by atoms with Crippen molar-refractivity contribution in [3.05, 3.63) is 38.9 Å². The number of nitro benzene ring substituents is 1. The van der Waals surface area contributed by atoms with Gasteiger partial charge in [-0.2, -0.15) is 0 Å². The van der Waals surface area contributed by atoms with E-state index in [0.717, 1.165) is 6.42 Å². The third-order valence-corrected chi connectivity index (χ3v) is 4.91. The van der Waals surface area contributed by atoms with E-state index in [1.54, 1.807) is 12.1 Å². The molecule has 18 heavy (non-hydrogen) atoms. The Labute approximate surface area is 121 Å². The van der Waals surface area contributed by atoms with Crippen LogP contribution in [0.3, 0.4) is 0 Å². The molecule has 1 rings (SSSR count). The Bertz CT molecular complexity index is 443. The SMILES string of the molecule is CC(C)(C)C(Br)CCc1cc(Cl)ccc1[N+](=O)[O-]. The summed E-state index contributed by atoms with van der Waals surface area (Å²) in [4.78, 5) is 10.9. The molecule has 5 heteroatoms.